The van der Waals surface area contributed by atoms with Gasteiger partial charge in [0, 0.05) is 18.7 Å². The zero-order valence-corrected chi connectivity index (χ0v) is 14.1. The Hall–Kier alpha value is -0.680. The fourth-order valence-electron chi connectivity index (χ4n) is 2.87. The van der Waals surface area contributed by atoms with Crippen molar-refractivity contribution in [3.8, 4) is 0 Å². The molecule has 1 N–H and O–H groups in total. The van der Waals surface area contributed by atoms with E-state index in [0.29, 0.717) is 0 Å². The van der Waals surface area contributed by atoms with Gasteiger partial charge in [0.2, 0.25) is 0 Å². The van der Waals surface area contributed by atoms with Gasteiger partial charge in [-0.2, -0.15) is 0 Å². The van der Waals surface area contributed by atoms with Crippen LogP contribution in [0.2, 0.25) is 0 Å². The number of nitrogens with zero attached hydrogens (tertiary/aromatic N) is 3. The lowest BCUT2D eigenvalue weighted by atomic mass is 9.94. The van der Waals surface area contributed by atoms with Crippen molar-refractivity contribution in [3.05, 3.63) is 16.5 Å². The fraction of sp³-hybridized carbons (Fsp3) is 0.733. The molecule has 0 aromatic carbocycles. The third-order valence-corrected chi connectivity index (χ3v) is 4.40. The van der Waals surface area contributed by atoms with E-state index in [0.717, 1.165) is 41.8 Å². The summed E-state index contributed by atoms with van der Waals surface area (Å²) in [6.07, 6.45) is 8.13. The van der Waals surface area contributed by atoms with Crippen LogP contribution in [-0.4, -0.2) is 41.0 Å². The quantitative estimate of drug-likeness (QED) is 0.634. The van der Waals surface area contributed by atoms with Crippen molar-refractivity contribution >= 4 is 21.7 Å². The molecule has 1 saturated carbocycles. The molecule has 0 radical (unpaired) electrons. The van der Waals surface area contributed by atoms with Gasteiger partial charge in [-0.25, -0.2) is 9.97 Å². The molecule has 2 rings (SSSR count). The number of aryl methyl sites for hydroxylation is 1. The monoisotopic (exact) mass is 340 g/mol. The molecule has 4 nitrogen and oxygen atoms in total. The summed E-state index contributed by atoms with van der Waals surface area (Å²) in [7, 11) is 2.27. The second-order valence-electron chi connectivity index (χ2n) is 5.68. The van der Waals surface area contributed by atoms with Gasteiger partial charge in [0.05, 0.1) is 0 Å². The Morgan fingerprint density at radius 3 is 2.75 bits per heavy atom. The molecule has 0 amide bonds. The molecule has 0 bridgehead atoms. The minimum Gasteiger partial charge on any atom is -0.370 e. The Morgan fingerprint density at radius 2 is 2.05 bits per heavy atom. The summed E-state index contributed by atoms with van der Waals surface area (Å²) in [5, 5.41) is 3.38. The fourth-order valence-corrected chi connectivity index (χ4v) is 3.34. The van der Waals surface area contributed by atoms with E-state index in [4.69, 9.17) is 0 Å². The predicted octanol–water partition coefficient (Wildman–Crippen LogP) is 3.61. The first-order chi connectivity index (χ1) is 9.65. The van der Waals surface area contributed by atoms with Crippen LogP contribution in [0.25, 0.3) is 0 Å². The van der Waals surface area contributed by atoms with Crippen LogP contribution in [0.3, 0.4) is 0 Å². The molecular weight excluding hydrogens is 316 g/mol. The highest BCUT2D eigenvalue weighted by molar-refractivity contribution is 9.10. The molecule has 1 aliphatic rings. The van der Waals surface area contributed by atoms with E-state index in [1.165, 1.54) is 32.1 Å². The summed E-state index contributed by atoms with van der Waals surface area (Å²) in [6.45, 7) is 4.02. The molecule has 1 heterocycles. The zero-order valence-electron chi connectivity index (χ0n) is 12.5. The molecule has 0 aliphatic heterocycles. The van der Waals surface area contributed by atoms with Gasteiger partial charge in [-0.3, -0.25) is 0 Å². The predicted molar refractivity (Wildman–Crippen MR) is 87.1 cm³/mol. The van der Waals surface area contributed by atoms with Crippen molar-refractivity contribution in [2.75, 3.05) is 25.5 Å². The SMILES string of the molecule is Cc1nc(Br)cc(NCCCN(C)C2CCCCC2)n1. The van der Waals surface area contributed by atoms with Crippen LogP contribution in [0.4, 0.5) is 5.82 Å². The van der Waals surface area contributed by atoms with Gasteiger partial charge >= 0.3 is 0 Å². The summed E-state index contributed by atoms with van der Waals surface area (Å²) in [4.78, 5) is 11.1. The maximum atomic E-state index is 4.37. The summed E-state index contributed by atoms with van der Waals surface area (Å²) in [5.74, 6) is 1.70. The minimum absolute atomic E-state index is 0.793. The Bertz CT molecular complexity index is 398. The maximum absolute atomic E-state index is 4.37. The summed E-state index contributed by atoms with van der Waals surface area (Å²) in [6, 6.07) is 2.73. The normalized spacial score (nSPS) is 16.6. The molecule has 1 aliphatic carbocycles. The van der Waals surface area contributed by atoms with Crippen molar-refractivity contribution in [1.29, 1.82) is 0 Å². The third-order valence-electron chi connectivity index (χ3n) is 4.00. The molecule has 0 saturated heterocycles. The maximum Gasteiger partial charge on any atom is 0.130 e. The number of halogens is 1. The first-order valence-electron chi connectivity index (χ1n) is 7.60. The van der Waals surface area contributed by atoms with E-state index in [2.05, 4.69) is 43.2 Å². The van der Waals surface area contributed by atoms with Crippen LogP contribution in [-0.2, 0) is 0 Å². The molecule has 20 heavy (non-hydrogen) atoms. The number of hydrogen-bond donors (Lipinski definition) is 1. The van der Waals surface area contributed by atoms with Crippen LogP contribution < -0.4 is 5.32 Å². The molecule has 0 spiro atoms. The van der Waals surface area contributed by atoms with Gasteiger partial charge in [-0.15, -0.1) is 0 Å². The van der Waals surface area contributed by atoms with Gasteiger partial charge in [-0.05, 0) is 55.7 Å². The number of anilines is 1. The van der Waals surface area contributed by atoms with E-state index in [-0.39, 0.29) is 0 Å². The molecule has 5 heteroatoms. The van der Waals surface area contributed by atoms with Gasteiger partial charge in [0.25, 0.3) is 0 Å². The Kier molecular flexibility index (Phi) is 6.23. The van der Waals surface area contributed by atoms with E-state index >= 15 is 0 Å². The van der Waals surface area contributed by atoms with Crippen molar-refractivity contribution in [2.45, 2.75) is 51.5 Å². The van der Waals surface area contributed by atoms with E-state index in [1.807, 2.05) is 13.0 Å². The van der Waals surface area contributed by atoms with Gasteiger partial charge in [-0.1, -0.05) is 19.3 Å². The summed E-state index contributed by atoms with van der Waals surface area (Å²) < 4.78 is 0.840. The Balaban J connectivity index is 1.67. The summed E-state index contributed by atoms with van der Waals surface area (Å²) in [5.41, 5.74) is 0. The third kappa shape index (κ3) is 5.02. The van der Waals surface area contributed by atoms with Crippen LogP contribution in [0.15, 0.2) is 10.7 Å². The lowest BCUT2D eigenvalue weighted by Crippen LogP contribution is -2.34. The van der Waals surface area contributed by atoms with Crippen molar-refractivity contribution in [3.63, 3.8) is 0 Å². The van der Waals surface area contributed by atoms with Crippen LogP contribution in [0, 0.1) is 6.92 Å². The standard InChI is InChI=1S/C15H25BrN4/c1-12-18-14(16)11-15(19-12)17-9-6-10-20(2)13-7-4-3-5-8-13/h11,13H,3-10H2,1-2H3,(H,17,18,19). The highest BCUT2D eigenvalue weighted by Gasteiger charge is 2.17. The largest absolute Gasteiger partial charge is 0.370 e. The van der Waals surface area contributed by atoms with Gasteiger partial charge < -0.3 is 10.2 Å². The van der Waals surface area contributed by atoms with E-state index in [9.17, 15) is 0 Å². The number of nitrogens with one attached hydrogen (secondary N) is 1. The molecular formula is C15H25BrN4. The number of aromatic nitrogens is 2. The topological polar surface area (TPSA) is 41.1 Å². The van der Waals surface area contributed by atoms with Crippen molar-refractivity contribution in [1.82, 2.24) is 14.9 Å². The second-order valence-corrected chi connectivity index (χ2v) is 6.49. The lowest BCUT2D eigenvalue weighted by molar-refractivity contribution is 0.191. The second kappa shape index (κ2) is 7.93. The molecule has 1 aromatic rings. The highest BCUT2D eigenvalue weighted by Crippen LogP contribution is 2.21. The molecule has 112 valence electrons. The lowest BCUT2D eigenvalue weighted by Gasteiger charge is -2.31. The molecule has 0 atom stereocenters. The number of rotatable bonds is 6. The van der Waals surface area contributed by atoms with E-state index in [1.54, 1.807) is 0 Å². The van der Waals surface area contributed by atoms with E-state index < -0.39 is 0 Å². The smallest absolute Gasteiger partial charge is 0.130 e. The minimum atomic E-state index is 0.793. The summed E-state index contributed by atoms with van der Waals surface area (Å²) >= 11 is 3.40. The molecule has 0 unspecified atom stereocenters. The molecule has 1 fully saturated rings. The Morgan fingerprint density at radius 1 is 1.30 bits per heavy atom. The van der Waals surface area contributed by atoms with Crippen LogP contribution in [0.1, 0.15) is 44.3 Å². The average Bonchev–Trinajstić information content (AvgIpc) is 2.43. The first kappa shape index (κ1) is 15.7. The molecule has 1 aromatic heterocycles. The van der Waals surface area contributed by atoms with Crippen LogP contribution in [0.5, 0.6) is 0 Å². The Labute approximate surface area is 130 Å². The van der Waals surface area contributed by atoms with Crippen molar-refractivity contribution < 1.29 is 0 Å². The average molecular weight is 341 g/mol. The van der Waals surface area contributed by atoms with Crippen LogP contribution >= 0.6 is 15.9 Å². The van der Waals surface area contributed by atoms with Crippen molar-refractivity contribution in [2.24, 2.45) is 0 Å². The zero-order chi connectivity index (χ0) is 14.4. The van der Waals surface area contributed by atoms with Gasteiger partial charge in [0.1, 0.15) is 16.2 Å². The number of hydrogen-bond acceptors (Lipinski definition) is 4. The van der Waals surface area contributed by atoms with Gasteiger partial charge in [0.15, 0.2) is 0 Å². The first-order valence-corrected chi connectivity index (χ1v) is 8.40. The highest BCUT2D eigenvalue weighted by atomic mass is 79.9.